The lowest BCUT2D eigenvalue weighted by Crippen LogP contribution is -2.05. The first-order chi connectivity index (χ1) is 12.4. The first-order valence-corrected chi connectivity index (χ1v) is 9.17. The van der Waals surface area contributed by atoms with E-state index in [1.165, 1.54) is 13.8 Å². The number of nitrogens with one attached hydrogen (secondary N) is 2. The predicted octanol–water partition coefficient (Wildman–Crippen LogP) is 3.73. The van der Waals surface area contributed by atoms with Crippen molar-refractivity contribution in [3.8, 4) is 0 Å². The number of carbonyl (C=O) groups is 2. The molecular weight excluding hydrogens is 355 g/mol. The van der Waals surface area contributed by atoms with Gasteiger partial charge < -0.3 is 19.7 Å². The number of carbonyl (C=O) groups excluding carboxylic acids is 2. The molecule has 2 aromatic carbocycles. The number of hydrogen-bond acceptors (Lipinski definition) is 5. The Bertz CT molecular complexity index is 710. The van der Waals surface area contributed by atoms with E-state index in [1.54, 1.807) is 48.5 Å². The van der Waals surface area contributed by atoms with Gasteiger partial charge in [-0.25, -0.2) is 0 Å². The van der Waals surface area contributed by atoms with Gasteiger partial charge in [-0.15, -0.1) is 0 Å². The predicted molar refractivity (Wildman–Crippen MR) is 100 cm³/mol. The zero-order chi connectivity index (χ0) is 18.9. The summed E-state index contributed by atoms with van der Waals surface area (Å²) < 4.78 is 22.3. The van der Waals surface area contributed by atoms with Crippen molar-refractivity contribution in [2.24, 2.45) is 0 Å². The zero-order valence-corrected chi connectivity index (χ0v) is 15.6. The van der Waals surface area contributed by atoms with Crippen molar-refractivity contribution < 1.29 is 23.2 Å². The Hall–Kier alpha value is -2.47. The summed E-state index contributed by atoms with van der Waals surface area (Å²) in [4.78, 5) is 21.9. The second-order valence-electron chi connectivity index (χ2n) is 5.58. The second kappa shape index (κ2) is 9.87. The molecule has 7 nitrogen and oxygen atoms in total. The molecule has 0 radical (unpaired) electrons. The zero-order valence-electron chi connectivity index (χ0n) is 14.6. The number of rotatable bonds is 8. The van der Waals surface area contributed by atoms with E-state index in [-0.39, 0.29) is 25.0 Å². The average molecular weight is 376 g/mol. The van der Waals surface area contributed by atoms with Gasteiger partial charge in [-0.2, -0.15) is 0 Å². The molecule has 0 aliphatic rings. The molecule has 0 saturated carbocycles. The highest BCUT2D eigenvalue weighted by Gasteiger charge is 2.04. The molecule has 0 unspecified atom stereocenters. The lowest BCUT2D eigenvalue weighted by molar-refractivity contribution is -0.115. The van der Waals surface area contributed by atoms with E-state index in [4.69, 9.17) is 9.05 Å². The topological polar surface area (TPSA) is 93.7 Å². The van der Waals surface area contributed by atoms with Gasteiger partial charge in [-0.3, -0.25) is 14.2 Å². The van der Waals surface area contributed by atoms with Crippen LogP contribution in [0, 0.1) is 0 Å². The van der Waals surface area contributed by atoms with Crippen LogP contribution >= 0.6 is 8.25 Å². The smallest absolute Gasteiger partial charge is 0.319 e. The van der Waals surface area contributed by atoms with Crippen molar-refractivity contribution in [3.63, 3.8) is 0 Å². The Labute approximate surface area is 152 Å². The molecule has 0 atom stereocenters. The molecule has 8 heteroatoms. The minimum Gasteiger partial charge on any atom is -0.326 e. The van der Waals surface area contributed by atoms with Gasteiger partial charge in [0.1, 0.15) is 0 Å². The van der Waals surface area contributed by atoms with E-state index in [1.807, 2.05) is 0 Å². The minimum atomic E-state index is -2.63. The molecule has 26 heavy (non-hydrogen) atoms. The van der Waals surface area contributed by atoms with Crippen LogP contribution in [-0.4, -0.2) is 11.8 Å². The Balaban J connectivity index is 1.74. The van der Waals surface area contributed by atoms with Gasteiger partial charge in [0.15, 0.2) is 0 Å². The molecule has 0 saturated heterocycles. The molecule has 0 aliphatic carbocycles. The summed E-state index contributed by atoms with van der Waals surface area (Å²) in [5.74, 6) is -0.282. The highest BCUT2D eigenvalue weighted by molar-refractivity contribution is 7.33. The molecule has 2 N–H and O–H groups in total. The number of benzene rings is 2. The van der Waals surface area contributed by atoms with E-state index < -0.39 is 8.25 Å². The molecule has 0 heterocycles. The standard InChI is InChI=1S/C18H21N2O5P/c1-13(21)19-17-7-3-15(4-8-17)11-24-26(23)25-12-16-5-9-18(10-6-16)20-14(2)22/h3-10,26H,11-12H2,1-2H3,(H,19,21)(H,20,22). The summed E-state index contributed by atoms with van der Waals surface area (Å²) in [6, 6.07) is 14.1. The Morgan fingerprint density at radius 1 is 0.769 bits per heavy atom. The minimum absolute atomic E-state index is 0.141. The van der Waals surface area contributed by atoms with Crippen LogP contribution in [0.25, 0.3) is 0 Å². The van der Waals surface area contributed by atoms with E-state index >= 15 is 0 Å². The fourth-order valence-corrected chi connectivity index (χ4v) is 2.75. The number of hydrogen-bond donors (Lipinski definition) is 2. The molecule has 0 aliphatic heterocycles. The third-order valence-electron chi connectivity index (χ3n) is 3.26. The summed E-state index contributed by atoms with van der Waals surface area (Å²) in [6.45, 7) is 3.18. The fourth-order valence-electron chi connectivity index (χ4n) is 2.10. The summed E-state index contributed by atoms with van der Waals surface area (Å²) >= 11 is 0. The maximum Gasteiger partial charge on any atom is 0.319 e. The molecule has 0 fully saturated rings. The fraction of sp³-hybridized carbons (Fsp3) is 0.222. The van der Waals surface area contributed by atoms with Crippen LogP contribution in [0.4, 0.5) is 11.4 Å². The van der Waals surface area contributed by atoms with Crippen molar-refractivity contribution in [2.75, 3.05) is 10.6 Å². The maximum atomic E-state index is 11.8. The summed E-state index contributed by atoms with van der Waals surface area (Å²) in [5.41, 5.74) is 3.02. The number of anilines is 2. The van der Waals surface area contributed by atoms with Crippen molar-refractivity contribution in [3.05, 3.63) is 59.7 Å². The van der Waals surface area contributed by atoms with Gasteiger partial charge in [-0.05, 0) is 35.4 Å². The first-order valence-electron chi connectivity index (χ1n) is 7.95. The molecule has 2 rings (SSSR count). The lowest BCUT2D eigenvalue weighted by Gasteiger charge is -2.08. The van der Waals surface area contributed by atoms with Crippen LogP contribution in [0.3, 0.4) is 0 Å². The third-order valence-corrected chi connectivity index (χ3v) is 4.02. The van der Waals surface area contributed by atoms with Gasteiger partial charge >= 0.3 is 8.25 Å². The van der Waals surface area contributed by atoms with Crippen LogP contribution < -0.4 is 10.6 Å². The van der Waals surface area contributed by atoms with Crippen LogP contribution in [0.15, 0.2) is 48.5 Å². The van der Waals surface area contributed by atoms with Crippen LogP contribution in [0.1, 0.15) is 25.0 Å². The van der Waals surface area contributed by atoms with Crippen LogP contribution in [0.5, 0.6) is 0 Å². The normalized spacial score (nSPS) is 10.6. The largest absolute Gasteiger partial charge is 0.326 e. The summed E-state index contributed by atoms with van der Waals surface area (Å²) in [7, 11) is -2.63. The first kappa shape index (κ1) is 19.8. The lowest BCUT2D eigenvalue weighted by atomic mass is 10.2. The Morgan fingerprint density at radius 3 is 1.42 bits per heavy atom. The quantitative estimate of drug-likeness (QED) is 0.685. The molecule has 0 spiro atoms. The molecule has 0 bridgehead atoms. The molecule has 2 aromatic rings. The molecule has 138 valence electrons. The van der Waals surface area contributed by atoms with Crippen LogP contribution in [0.2, 0.25) is 0 Å². The highest BCUT2D eigenvalue weighted by Crippen LogP contribution is 2.28. The summed E-state index contributed by atoms with van der Waals surface area (Å²) in [5, 5.41) is 5.33. The van der Waals surface area contributed by atoms with Crippen molar-refractivity contribution in [2.45, 2.75) is 27.1 Å². The van der Waals surface area contributed by atoms with E-state index in [0.29, 0.717) is 11.4 Å². The molecule has 0 aromatic heterocycles. The Kier molecular flexibility index (Phi) is 7.53. The van der Waals surface area contributed by atoms with Gasteiger partial charge in [0.05, 0.1) is 13.2 Å². The Morgan fingerprint density at radius 2 is 1.12 bits per heavy atom. The SMILES string of the molecule is CC(=O)Nc1ccc(CO[PH](=O)OCc2ccc(NC(C)=O)cc2)cc1. The monoisotopic (exact) mass is 376 g/mol. The number of amides is 2. The van der Waals surface area contributed by atoms with Gasteiger partial charge in [-0.1, -0.05) is 24.3 Å². The van der Waals surface area contributed by atoms with E-state index in [0.717, 1.165) is 11.1 Å². The molecule has 2 amide bonds. The van der Waals surface area contributed by atoms with Crippen molar-refractivity contribution in [1.29, 1.82) is 0 Å². The van der Waals surface area contributed by atoms with E-state index in [2.05, 4.69) is 10.6 Å². The van der Waals surface area contributed by atoms with Gasteiger partial charge in [0.2, 0.25) is 11.8 Å². The maximum absolute atomic E-state index is 11.8. The van der Waals surface area contributed by atoms with Gasteiger partial charge in [0.25, 0.3) is 0 Å². The van der Waals surface area contributed by atoms with Crippen molar-refractivity contribution >= 4 is 31.4 Å². The van der Waals surface area contributed by atoms with Crippen LogP contribution in [-0.2, 0) is 36.4 Å². The average Bonchev–Trinajstić information content (AvgIpc) is 2.59. The van der Waals surface area contributed by atoms with Crippen molar-refractivity contribution in [1.82, 2.24) is 0 Å². The second-order valence-corrected chi connectivity index (χ2v) is 6.66. The third kappa shape index (κ3) is 7.19. The highest BCUT2D eigenvalue weighted by atomic mass is 31.1. The summed E-state index contributed by atoms with van der Waals surface area (Å²) in [6.07, 6.45) is 0. The molecular formula is C18H21N2O5P. The van der Waals surface area contributed by atoms with E-state index in [9.17, 15) is 14.2 Å². The van der Waals surface area contributed by atoms with Gasteiger partial charge in [0, 0.05) is 25.2 Å².